The number of hydrogen-bond donors (Lipinski definition) is 1. The number of amides is 1. The van der Waals surface area contributed by atoms with Gasteiger partial charge >= 0.3 is 0 Å². The van der Waals surface area contributed by atoms with Crippen molar-refractivity contribution < 1.29 is 9.53 Å². The highest BCUT2D eigenvalue weighted by Gasteiger charge is 2.39. The van der Waals surface area contributed by atoms with Crippen LogP contribution >= 0.6 is 12.2 Å². The van der Waals surface area contributed by atoms with Crippen molar-refractivity contribution in [3.63, 3.8) is 0 Å². The maximum absolute atomic E-state index is 13.2. The maximum atomic E-state index is 13.2. The lowest BCUT2D eigenvalue weighted by Gasteiger charge is -2.27. The van der Waals surface area contributed by atoms with Gasteiger partial charge in [-0.1, -0.05) is 18.2 Å². The van der Waals surface area contributed by atoms with E-state index in [9.17, 15) is 4.79 Å². The summed E-state index contributed by atoms with van der Waals surface area (Å²) in [6.45, 7) is 9.01. The molecule has 2 fully saturated rings. The summed E-state index contributed by atoms with van der Waals surface area (Å²) in [7, 11) is 0. The molecule has 0 bridgehead atoms. The van der Waals surface area contributed by atoms with E-state index in [4.69, 9.17) is 17.0 Å². The minimum atomic E-state index is -0.469. The van der Waals surface area contributed by atoms with Crippen molar-refractivity contribution in [2.45, 2.75) is 26.3 Å². The quantitative estimate of drug-likeness (QED) is 0.731. The molecule has 0 saturated carbocycles. The van der Waals surface area contributed by atoms with Crippen LogP contribution in [0, 0.1) is 13.8 Å². The molecule has 0 aliphatic carbocycles. The van der Waals surface area contributed by atoms with Gasteiger partial charge < -0.3 is 10.1 Å². The molecule has 8 heteroatoms. The van der Waals surface area contributed by atoms with Crippen LogP contribution in [0.25, 0.3) is 5.69 Å². The Morgan fingerprint density at radius 1 is 1.17 bits per heavy atom. The van der Waals surface area contributed by atoms with E-state index < -0.39 is 6.04 Å². The lowest BCUT2D eigenvalue weighted by atomic mass is 10.0. The second-order valence-electron chi connectivity index (χ2n) is 7.51. The number of morpholine rings is 1. The summed E-state index contributed by atoms with van der Waals surface area (Å²) in [5.41, 5.74) is 3.69. The van der Waals surface area contributed by atoms with Gasteiger partial charge in [0, 0.05) is 37.4 Å². The highest BCUT2D eigenvalue weighted by atomic mass is 32.1. The molecule has 2 aliphatic heterocycles. The third-order valence-corrected chi connectivity index (χ3v) is 5.96. The summed E-state index contributed by atoms with van der Waals surface area (Å²) in [6, 6.07) is 9.49. The number of hydrogen-bond acceptors (Lipinski definition) is 5. The summed E-state index contributed by atoms with van der Waals surface area (Å²) in [6.07, 6.45) is 0.890. The van der Waals surface area contributed by atoms with Gasteiger partial charge in [0.2, 0.25) is 0 Å². The molecule has 1 atom stereocenters. The molecule has 0 spiro atoms. The van der Waals surface area contributed by atoms with Crippen LogP contribution < -0.4 is 5.32 Å². The number of carbonyl (C=O) groups excluding carboxylic acids is 1. The van der Waals surface area contributed by atoms with Crippen LogP contribution in [0.3, 0.4) is 0 Å². The van der Waals surface area contributed by atoms with E-state index in [-0.39, 0.29) is 5.91 Å². The van der Waals surface area contributed by atoms with E-state index in [0.29, 0.717) is 11.7 Å². The molecule has 0 radical (unpaired) electrons. The SMILES string of the molecule is Cc1nn(-c2ccccc2)c(C)c1[C@@H]1NC(=S)N(CCCN2CCOCC2)C1=O. The second-order valence-corrected chi connectivity index (χ2v) is 7.90. The number of ether oxygens (including phenoxy) is 1. The number of para-hydroxylation sites is 1. The Balaban J connectivity index is 1.46. The lowest BCUT2D eigenvalue weighted by molar-refractivity contribution is -0.127. The van der Waals surface area contributed by atoms with Crippen LogP contribution in [0.1, 0.15) is 29.4 Å². The number of aromatic nitrogens is 2. The predicted molar refractivity (Wildman–Crippen MR) is 115 cm³/mol. The van der Waals surface area contributed by atoms with Crippen molar-refractivity contribution >= 4 is 23.2 Å². The molecule has 2 aromatic rings. The summed E-state index contributed by atoms with van der Waals surface area (Å²) in [5, 5.41) is 8.41. The Kier molecular flexibility index (Phi) is 5.94. The molecule has 7 nitrogen and oxygen atoms in total. The van der Waals surface area contributed by atoms with Gasteiger partial charge in [0.05, 0.1) is 24.6 Å². The zero-order valence-corrected chi connectivity index (χ0v) is 17.7. The topological polar surface area (TPSA) is 62.6 Å². The Bertz CT molecular complexity index is 892. The average Bonchev–Trinajstić information content (AvgIpc) is 3.18. The van der Waals surface area contributed by atoms with E-state index in [1.54, 1.807) is 4.90 Å². The summed E-state index contributed by atoms with van der Waals surface area (Å²) < 4.78 is 7.28. The monoisotopic (exact) mass is 413 g/mol. The minimum absolute atomic E-state index is 0.00999. The van der Waals surface area contributed by atoms with Gasteiger partial charge in [0.25, 0.3) is 5.91 Å². The van der Waals surface area contributed by atoms with Crippen molar-refractivity contribution in [3.8, 4) is 5.69 Å². The largest absolute Gasteiger partial charge is 0.379 e. The number of thiocarbonyl (C=S) groups is 1. The van der Waals surface area contributed by atoms with Gasteiger partial charge in [-0.2, -0.15) is 5.10 Å². The average molecular weight is 414 g/mol. The summed E-state index contributed by atoms with van der Waals surface area (Å²) in [5.74, 6) is 0.00999. The first-order valence-electron chi connectivity index (χ1n) is 10.1. The zero-order valence-electron chi connectivity index (χ0n) is 16.9. The first-order valence-corrected chi connectivity index (χ1v) is 10.5. The molecular formula is C21H27N5O2S. The third-order valence-electron chi connectivity index (χ3n) is 5.62. The summed E-state index contributed by atoms with van der Waals surface area (Å²) in [4.78, 5) is 17.2. The lowest BCUT2D eigenvalue weighted by Crippen LogP contribution is -2.39. The Morgan fingerprint density at radius 3 is 2.62 bits per heavy atom. The molecule has 2 saturated heterocycles. The van der Waals surface area contributed by atoms with Crippen LogP contribution in [0.4, 0.5) is 0 Å². The van der Waals surface area contributed by atoms with Crippen molar-refractivity contribution in [2.75, 3.05) is 39.4 Å². The normalized spacial score (nSPS) is 20.3. The second kappa shape index (κ2) is 8.61. The van der Waals surface area contributed by atoms with Crippen LogP contribution in [-0.4, -0.2) is 70.0 Å². The molecule has 0 unspecified atom stereocenters. The van der Waals surface area contributed by atoms with Crippen LogP contribution in [0.2, 0.25) is 0 Å². The number of nitrogens with zero attached hydrogens (tertiary/aromatic N) is 4. The summed E-state index contributed by atoms with van der Waals surface area (Å²) >= 11 is 5.48. The number of aryl methyl sites for hydroxylation is 1. The van der Waals surface area contributed by atoms with E-state index in [1.807, 2.05) is 48.9 Å². The van der Waals surface area contributed by atoms with Crippen LogP contribution in [-0.2, 0) is 9.53 Å². The number of carbonyl (C=O) groups is 1. The van der Waals surface area contributed by atoms with Gasteiger partial charge in [0.1, 0.15) is 6.04 Å². The van der Waals surface area contributed by atoms with Gasteiger partial charge in [-0.05, 0) is 44.6 Å². The fraction of sp³-hybridized carbons (Fsp3) is 0.476. The van der Waals surface area contributed by atoms with Gasteiger partial charge in [-0.3, -0.25) is 14.6 Å². The number of benzene rings is 1. The molecule has 154 valence electrons. The number of nitrogens with one attached hydrogen (secondary N) is 1. The Labute approximate surface area is 176 Å². The molecule has 1 amide bonds. The van der Waals surface area contributed by atoms with E-state index in [2.05, 4.69) is 15.3 Å². The van der Waals surface area contributed by atoms with Crippen LogP contribution in [0.5, 0.6) is 0 Å². The van der Waals surface area contributed by atoms with Gasteiger partial charge in [-0.25, -0.2) is 4.68 Å². The zero-order chi connectivity index (χ0) is 20.4. The molecule has 1 aromatic carbocycles. The van der Waals surface area contributed by atoms with E-state index in [1.165, 1.54) is 0 Å². The Morgan fingerprint density at radius 2 is 1.90 bits per heavy atom. The van der Waals surface area contributed by atoms with Gasteiger partial charge in [-0.15, -0.1) is 0 Å². The molecule has 2 aliphatic rings. The third kappa shape index (κ3) is 4.05. The van der Waals surface area contributed by atoms with Crippen molar-refractivity contribution in [2.24, 2.45) is 0 Å². The molecule has 29 heavy (non-hydrogen) atoms. The van der Waals surface area contributed by atoms with E-state index >= 15 is 0 Å². The van der Waals surface area contributed by atoms with Crippen LogP contribution in [0.15, 0.2) is 30.3 Å². The smallest absolute Gasteiger partial charge is 0.256 e. The molecular weight excluding hydrogens is 386 g/mol. The molecule has 4 rings (SSSR count). The first kappa shape index (κ1) is 20.0. The fourth-order valence-electron chi connectivity index (χ4n) is 4.10. The minimum Gasteiger partial charge on any atom is -0.379 e. The number of rotatable bonds is 6. The predicted octanol–water partition coefficient (Wildman–Crippen LogP) is 1.97. The highest BCUT2D eigenvalue weighted by molar-refractivity contribution is 7.80. The molecule has 1 N–H and O–H groups in total. The fourth-order valence-corrected chi connectivity index (χ4v) is 4.40. The highest BCUT2D eigenvalue weighted by Crippen LogP contribution is 2.29. The molecule has 1 aromatic heterocycles. The first-order chi connectivity index (χ1) is 14.1. The van der Waals surface area contributed by atoms with Gasteiger partial charge in [0.15, 0.2) is 5.11 Å². The standard InChI is InChI=1S/C21H27N5O2S/c1-15-18(16(2)26(23-15)17-7-4-3-5-8-17)19-20(27)25(21(29)22-19)10-6-9-24-11-13-28-14-12-24/h3-5,7-8,19H,6,9-14H2,1-2H3,(H,22,29)/t19-/m0/s1. The Hall–Kier alpha value is -2.29. The van der Waals surface area contributed by atoms with Crippen molar-refractivity contribution in [1.29, 1.82) is 0 Å². The molecule has 3 heterocycles. The maximum Gasteiger partial charge on any atom is 0.256 e. The van der Waals surface area contributed by atoms with Crippen molar-refractivity contribution in [1.82, 2.24) is 24.9 Å². The van der Waals surface area contributed by atoms with E-state index in [0.717, 1.165) is 61.9 Å². The van der Waals surface area contributed by atoms with Crippen molar-refractivity contribution in [3.05, 3.63) is 47.3 Å².